The van der Waals surface area contributed by atoms with Crippen LogP contribution in [0.15, 0.2) is 48.5 Å². The fraction of sp³-hybridized carbons (Fsp3) is 0.133. The minimum atomic E-state index is 0.350. The first kappa shape index (κ1) is 13.8. The summed E-state index contributed by atoms with van der Waals surface area (Å²) >= 11 is 10.9. The van der Waals surface area contributed by atoms with E-state index in [1.807, 2.05) is 36.4 Å². The number of aryl methyl sites for hydroxylation is 1. The number of hydrogen-bond donors (Lipinski definition) is 1. The number of ether oxygens (including phenoxy) is 1. The van der Waals surface area contributed by atoms with Gasteiger partial charge in [-0.25, -0.2) is 0 Å². The highest BCUT2D eigenvalue weighted by Crippen LogP contribution is 2.14. The maximum Gasteiger partial charge on any atom is 0.261 e. The van der Waals surface area contributed by atoms with Gasteiger partial charge in [0.2, 0.25) is 0 Å². The summed E-state index contributed by atoms with van der Waals surface area (Å²) < 4.78 is 5.49. The Morgan fingerprint density at radius 2 is 1.74 bits per heavy atom. The van der Waals surface area contributed by atoms with E-state index in [1.165, 1.54) is 5.56 Å². The SMILES string of the molecule is Cc1ccc(COC(=S)Nc2ccc(Cl)cc2)cc1. The van der Waals surface area contributed by atoms with Crippen molar-refractivity contribution < 1.29 is 4.74 Å². The molecule has 0 atom stereocenters. The summed E-state index contributed by atoms with van der Waals surface area (Å²) in [5.74, 6) is 0. The fourth-order valence-corrected chi connectivity index (χ4v) is 1.82. The maximum absolute atomic E-state index is 5.81. The quantitative estimate of drug-likeness (QED) is 0.838. The highest BCUT2D eigenvalue weighted by Gasteiger charge is 2.00. The number of benzene rings is 2. The van der Waals surface area contributed by atoms with Crippen LogP contribution in [0.1, 0.15) is 11.1 Å². The van der Waals surface area contributed by atoms with Gasteiger partial charge in [0.1, 0.15) is 6.61 Å². The van der Waals surface area contributed by atoms with Gasteiger partial charge in [-0.3, -0.25) is 0 Å². The Bertz CT molecular complexity index is 551. The molecule has 0 unspecified atom stereocenters. The van der Waals surface area contributed by atoms with Gasteiger partial charge < -0.3 is 10.1 Å². The minimum absolute atomic E-state index is 0.350. The van der Waals surface area contributed by atoms with E-state index in [0.29, 0.717) is 16.8 Å². The molecule has 0 aliphatic rings. The Hall–Kier alpha value is -1.58. The summed E-state index contributed by atoms with van der Waals surface area (Å²) in [6.45, 7) is 2.51. The number of nitrogens with one attached hydrogen (secondary N) is 1. The number of anilines is 1. The van der Waals surface area contributed by atoms with Gasteiger partial charge in [0, 0.05) is 10.7 Å². The number of halogens is 1. The fourth-order valence-electron chi connectivity index (χ4n) is 1.52. The monoisotopic (exact) mass is 291 g/mol. The van der Waals surface area contributed by atoms with E-state index in [1.54, 1.807) is 12.1 Å². The number of hydrogen-bond acceptors (Lipinski definition) is 2. The Balaban J connectivity index is 1.84. The van der Waals surface area contributed by atoms with Crippen LogP contribution in [0.3, 0.4) is 0 Å². The third-order valence-electron chi connectivity index (χ3n) is 2.58. The molecule has 4 heteroatoms. The Kier molecular flexibility index (Phi) is 4.77. The standard InChI is InChI=1S/C15H14ClNOS/c1-11-2-4-12(5-3-11)10-18-15(19)17-14-8-6-13(16)7-9-14/h2-9H,10H2,1H3,(H,17,19). The van der Waals surface area contributed by atoms with Crippen molar-refractivity contribution in [1.82, 2.24) is 0 Å². The van der Waals surface area contributed by atoms with Crippen LogP contribution in [0.2, 0.25) is 5.02 Å². The predicted molar refractivity (Wildman–Crippen MR) is 83.6 cm³/mol. The molecule has 98 valence electrons. The smallest absolute Gasteiger partial charge is 0.261 e. The molecular formula is C15H14ClNOS. The molecule has 2 nitrogen and oxygen atoms in total. The van der Waals surface area contributed by atoms with E-state index < -0.39 is 0 Å². The van der Waals surface area contributed by atoms with Gasteiger partial charge >= 0.3 is 0 Å². The minimum Gasteiger partial charge on any atom is -0.466 e. The molecule has 19 heavy (non-hydrogen) atoms. The van der Waals surface area contributed by atoms with Gasteiger partial charge in [-0.05, 0) is 49.0 Å². The van der Waals surface area contributed by atoms with E-state index in [-0.39, 0.29) is 0 Å². The molecular weight excluding hydrogens is 278 g/mol. The molecule has 0 aliphatic heterocycles. The second kappa shape index (κ2) is 6.55. The van der Waals surface area contributed by atoms with Crippen molar-refractivity contribution in [2.75, 3.05) is 5.32 Å². The van der Waals surface area contributed by atoms with E-state index in [4.69, 9.17) is 28.6 Å². The van der Waals surface area contributed by atoms with Gasteiger partial charge in [-0.2, -0.15) is 0 Å². The molecule has 2 aromatic rings. The maximum atomic E-state index is 5.81. The first-order valence-electron chi connectivity index (χ1n) is 5.88. The average Bonchev–Trinajstić information content (AvgIpc) is 2.41. The van der Waals surface area contributed by atoms with Crippen LogP contribution in [0.5, 0.6) is 0 Å². The van der Waals surface area contributed by atoms with Gasteiger partial charge in [0.15, 0.2) is 0 Å². The van der Waals surface area contributed by atoms with Gasteiger partial charge in [-0.15, -0.1) is 0 Å². The van der Waals surface area contributed by atoms with Crippen molar-refractivity contribution in [3.63, 3.8) is 0 Å². The average molecular weight is 292 g/mol. The predicted octanol–water partition coefficient (Wildman–Crippen LogP) is 4.56. The summed E-state index contributed by atoms with van der Waals surface area (Å²) in [7, 11) is 0. The highest BCUT2D eigenvalue weighted by atomic mass is 35.5. The van der Waals surface area contributed by atoms with Crippen molar-refractivity contribution in [2.45, 2.75) is 13.5 Å². The molecule has 1 N–H and O–H groups in total. The Morgan fingerprint density at radius 3 is 2.37 bits per heavy atom. The molecule has 0 fully saturated rings. The van der Waals surface area contributed by atoms with Crippen molar-refractivity contribution in [3.8, 4) is 0 Å². The largest absolute Gasteiger partial charge is 0.466 e. The van der Waals surface area contributed by atoms with Gasteiger partial charge in [-0.1, -0.05) is 41.4 Å². The van der Waals surface area contributed by atoms with Crippen LogP contribution in [-0.2, 0) is 11.3 Å². The van der Waals surface area contributed by atoms with Crippen LogP contribution in [-0.4, -0.2) is 5.17 Å². The zero-order chi connectivity index (χ0) is 13.7. The molecule has 2 rings (SSSR count). The zero-order valence-corrected chi connectivity index (χ0v) is 12.1. The normalized spacial score (nSPS) is 10.0. The molecule has 0 heterocycles. The first-order chi connectivity index (χ1) is 9.13. The van der Waals surface area contributed by atoms with Crippen molar-refractivity contribution in [2.24, 2.45) is 0 Å². The third kappa shape index (κ3) is 4.54. The van der Waals surface area contributed by atoms with E-state index in [0.717, 1.165) is 11.3 Å². The lowest BCUT2D eigenvalue weighted by molar-refractivity contribution is 0.300. The van der Waals surface area contributed by atoms with E-state index >= 15 is 0 Å². The lowest BCUT2D eigenvalue weighted by Gasteiger charge is -2.10. The van der Waals surface area contributed by atoms with Crippen molar-refractivity contribution in [3.05, 3.63) is 64.7 Å². The number of thiocarbonyl (C=S) groups is 1. The molecule has 0 saturated heterocycles. The molecule has 0 amide bonds. The molecule has 0 aliphatic carbocycles. The highest BCUT2D eigenvalue weighted by molar-refractivity contribution is 7.80. The summed E-state index contributed by atoms with van der Waals surface area (Å²) in [5.41, 5.74) is 3.18. The molecule has 2 aromatic carbocycles. The Morgan fingerprint density at radius 1 is 1.11 bits per heavy atom. The lowest BCUT2D eigenvalue weighted by Crippen LogP contribution is -2.13. The van der Waals surface area contributed by atoms with Crippen LogP contribution in [0.4, 0.5) is 5.69 Å². The summed E-state index contributed by atoms with van der Waals surface area (Å²) in [6.07, 6.45) is 0. The van der Waals surface area contributed by atoms with Gasteiger partial charge in [0.05, 0.1) is 0 Å². The van der Waals surface area contributed by atoms with Crippen molar-refractivity contribution in [1.29, 1.82) is 0 Å². The molecule has 0 saturated carbocycles. The molecule has 0 bridgehead atoms. The zero-order valence-electron chi connectivity index (χ0n) is 10.5. The second-order valence-corrected chi connectivity index (χ2v) is 5.00. The van der Waals surface area contributed by atoms with E-state index in [9.17, 15) is 0 Å². The molecule has 0 spiro atoms. The second-order valence-electron chi connectivity index (χ2n) is 4.19. The first-order valence-corrected chi connectivity index (χ1v) is 6.67. The molecule has 0 radical (unpaired) electrons. The van der Waals surface area contributed by atoms with E-state index in [2.05, 4.69) is 12.2 Å². The van der Waals surface area contributed by atoms with Crippen LogP contribution < -0.4 is 5.32 Å². The third-order valence-corrected chi connectivity index (χ3v) is 3.05. The summed E-state index contributed by atoms with van der Waals surface area (Å²) in [6, 6.07) is 15.5. The topological polar surface area (TPSA) is 21.3 Å². The van der Waals surface area contributed by atoms with Crippen molar-refractivity contribution >= 4 is 34.7 Å². The molecule has 0 aromatic heterocycles. The number of rotatable bonds is 3. The summed E-state index contributed by atoms with van der Waals surface area (Å²) in [5, 5.41) is 4.04. The van der Waals surface area contributed by atoms with Crippen LogP contribution in [0, 0.1) is 6.92 Å². The summed E-state index contributed by atoms with van der Waals surface area (Å²) in [4.78, 5) is 0. The van der Waals surface area contributed by atoms with Gasteiger partial charge in [0.25, 0.3) is 5.17 Å². The van der Waals surface area contributed by atoms with Crippen LogP contribution in [0.25, 0.3) is 0 Å². The lowest BCUT2D eigenvalue weighted by atomic mass is 10.2. The Labute approximate surface area is 123 Å². The van der Waals surface area contributed by atoms with Crippen LogP contribution >= 0.6 is 23.8 Å².